The average molecular weight is 362 g/mol. The fourth-order valence-corrected chi connectivity index (χ4v) is 3.64. The lowest BCUT2D eigenvalue weighted by Gasteiger charge is -2.52. The summed E-state index contributed by atoms with van der Waals surface area (Å²) in [6.45, 7) is 12.1. The zero-order valence-electron chi connectivity index (χ0n) is 16.7. The SMILES string of the molecule is Cc1cc(C)n(OC(=O)C(CCC#N)ON2C(C)(C)CCCC2(C)C)n1. The molecule has 1 unspecified atom stereocenters. The molecule has 0 amide bonds. The summed E-state index contributed by atoms with van der Waals surface area (Å²) in [6, 6.07) is 3.91. The van der Waals surface area contributed by atoms with Crippen LogP contribution in [0.15, 0.2) is 6.07 Å². The van der Waals surface area contributed by atoms with E-state index in [1.807, 2.05) is 25.0 Å². The highest BCUT2D eigenvalue weighted by Gasteiger charge is 2.44. The van der Waals surface area contributed by atoms with E-state index in [-0.39, 0.29) is 23.9 Å². The summed E-state index contributed by atoms with van der Waals surface area (Å²) < 4.78 is 0. The highest BCUT2D eigenvalue weighted by Crippen LogP contribution is 2.39. The normalized spacial score (nSPS) is 20.3. The Morgan fingerprint density at radius 1 is 1.31 bits per heavy atom. The van der Waals surface area contributed by atoms with Crippen LogP contribution in [0.2, 0.25) is 0 Å². The van der Waals surface area contributed by atoms with Gasteiger partial charge in [0.15, 0.2) is 6.10 Å². The monoisotopic (exact) mass is 362 g/mol. The molecule has 2 rings (SSSR count). The van der Waals surface area contributed by atoms with Crippen molar-refractivity contribution in [3.05, 3.63) is 17.5 Å². The molecule has 1 aliphatic heterocycles. The summed E-state index contributed by atoms with van der Waals surface area (Å²) in [7, 11) is 0. The molecular weight excluding hydrogens is 332 g/mol. The van der Waals surface area contributed by atoms with Crippen LogP contribution in [-0.2, 0) is 9.63 Å². The Balaban J connectivity index is 2.19. The van der Waals surface area contributed by atoms with Crippen molar-refractivity contribution in [2.45, 2.75) is 90.8 Å². The number of nitriles is 1. The molecule has 1 aliphatic rings. The smallest absolute Gasteiger partial charge is 0.316 e. The van der Waals surface area contributed by atoms with Crippen LogP contribution in [0.3, 0.4) is 0 Å². The third kappa shape index (κ3) is 4.63. The summed E-state index contributed by atoms with van der Waals surface area (Å²) in [4.78, 5) is 25.5. The molecule has 1 atom stereocenters. The van der Waals surface area contributed by atoms with Gasteiger partial charge in [-0.1, -0.05) is 4.85 Å². The molecule has 0 aromatic carbocycles. The second kappa shape index (κ2) is 7.77. The Kier molecular flexibility index (Phi) is 6.09. The maximum Gasteiger partial charge on any atom is 0.365 e. The fraction of sp³-hybridized carbons (Fsp3) is 0.737. The molecule has 0 N–H and O–H groups in total. The fourth-order valence-electron chi connectivity index (χ4n) is 3.64. The number of carbonyl (C=O) groups excluding carboxylic acids is 1. The number of aromatic nitrogens is 2. The first-order chi connectivity index (χ1) is 12.1. The molecule has 0 aliphatic carbocycles. The largest absolute Gasteiger partial charge is 0.365 e. The average Bonchev–Trinajstić information content (AvgIpc) is 2.82. The van der Waals surface area contributed by atoms with Crippen LogP contribution < -0.4 is 4.84 Å². The van der Waals surface area contributed by atoms with Gasteiger partial charge in [-0.05, 0) is 73.3 Å². The van der Waals surface area contributed by atoms with Crippen molar-refractivity contribution < 1.29 is 14.5 Å². The molecule has 26 heavy (non-hydrogen) atoms. The van der Waals surface area contributed by atoms with E-state index in [0.29, 0.717) is 0 Å². The minimum atomic E-state index is -0.852. The molecule has 0 bridgehead atoms. The molecule has 1 aromatic heterocycles. The first-order valence-corrected chi connectivity index (χ1v) is 9.16. The van der Waals surface area contributed by atoms with Crippen LogP contribution in [0, 0.1) is 25.2 Å². The number of carbonyl (C=O) groups is 1. The molecular formula is C19H30N4O3. The van der Waals surface area contributed by atoms with Gasteiger partial charge in [-0.15, -0.1) is 5.10 Å². The van der Waals surface area contributed by atoms with Gasteiger partial charge in [-0.3, -0.25) is 4.84 Å². The predicted molar refractivity (Wildman–Crippen MR) is 96.9 cm³/mol. The van der Waals surface area contributed by atoms with Crippen molar-refractivity contribution >= 4 is 5.97 Å². The number of piperidine rings is 1. The predicted octanol–water partition coefficient (Wildman–Crippen LogP) is 3.10. The summed E-state index contributed by atoms with van der Waals surface area (Å²) >= 11 is 0. The van der Waals surface area contributed by atoms with Crippen LogP contribution >= 0.6 is 0 Å². The van der Waals surface area contributed by atoms with E-state index in [1.54, 1.807) is 0 Å². The molecule has 7 heteroatoms. The van der Waals surface area contributed by atoms with Crippen molar-refractivity contribution in [1.29, 1.82) is 5.26 Å². The third-order valence-corrected chi connectivity index (χ3v) is 4.84. The molecule has 7 nitrogen and oxygen atoms in total. The Labute approximate surface area is 155 Å². The van der Waals surface area contributed by atoms with Crippen molar-refractivity contribution in [2.24, 2.45) is 0 Å². The minimum absolute atomic E-state index is 0.203. The Bertz CT molecular complexity index is 671. The molecule has 0 spiro atoms. The van der Waals surface area contributed by atoms with Crippen LogP contribution in [-0.4, -0.2) is 38.2 Å². The quantitative estimate of drug-likeness (QED) is 0.773. The molecule has 1 fully saturated rings. The maximum atomic E-state index is 12.7. The number of hydrogen-bond acceptors (Lipinski definition) is 6. The highest BCUT2D eigenvalue weighted by atomic mass is 16.7. The lowest BCUT2D eigenvalue weighted by Crippen LogP contribution is -2.60. The van der Waals surface area contributed by atoms with Crippen molar-refractivity contribution in [1.82, 2.24) is 15.0 Å². The zero-order valence-corrected chi connectivity index (χ0v) is 16.7. The topological polar surface area (TPSA) is 80.4 Å². The second-order valence-corrected chi connectivity index (χ2v) is 8.27. The molecule has 0 radical (unpaired) electrons. The Hall–Kier alpha value is -1.91. The van der Waals surface area contributed by atoms with Crippen LogP contribution in [0.25, 0.3) is 0 Å². The molecule has 1 aromatic rings. The van der Waals surface area contributed by atoms with Gasteiger partial charge in [-0.25, -0.2) is 4.79 Å². The summed E-state index contributed by atoms with van der Waals surface area (Å²) in [5, 5.41) is 15.0. The van der Waals surface area contributed by atoms with Gasteiger partial charge in [0.1, 0.15) is 0 Å². The van der Waals surface area contributed by atoms with Crippen LogP contribution in [0.5, 0.6) is 0 Å². The summed E-state index contributed by atoms with van der Waals surface area (Å²) in [6.07, 6.45) is 2.71. The van der Waals surface area contributed by atoms with Gasteiger partial charge < -0.3 is 4.84 Å². The van der Waals surface area contributed by atoms with E-state index in [9.17, 15) is 4.79 Å². The lowest BCUT2D eigenvalue weighted by atomic mass is 9.82. The molecule has 2 heterocycles. The number of aryl methyl sites for hydroxylation is 2. The van der Waals surface area contributed by atoms with Gasteiger partial charge >= 0.3 is 5.97 Å². The minimum Gasteiger partial charge on any atom is -0.316 e. The van der Waals surface area contributed by atoms with E-state index in [2.05, 4.69) is 38.9 Å². The number of nitrogens with zero attached hydrogens (tertiary/aromatic N) is 4. The van der Waals surface area contributed by atoms with Crippen LogP contribution in [0.4, 0.5) is 0 Å². The summed E-state index contributed by atoms with van der Waals surface area (Å²) in [5.74, 6) is -0.538. The van der Waals surface area contributed by atoms with Gasteiger partial charge in [0.05, 0.1) is 17.5 Å². The van der Waals surface area contributed by atoms with Gasteiger partial charge in [0.2, 0.25) is 0 Å². The number of rotatable bonds is 6. The maximum absolute atomic E-state index is 12.7. The van der Waals surface area contributed by atoms with Gasteiger partial charge in [0.25, 0.3) is 0 Å². The molecule has 144 valence electrons. The molecule has 1 saturated heterocycles. The second-order valence-electron chi connectivity index (χ2n) is 8.27. The van der Waals surface area contributed by atoms with Crippen molar-refractivity contribution in [3.63, 3.8) is 0 Å². The van der Waals surface area contributed by atoms with Gasteiger partial charge in [0, 0.05) is 17.5 Å². The third-order valence-electron chi connectivity index (χ3n) is 4.84. The van der Waals surface area contributed by atoms with E-state index < -0.39 is 12.1 Å². The van der Waals surface area contributed by atoms with Crippen LogP contribution in [0.1, 0.15) is 71.2 Å². The number of hydrogen-bond donors (Lipinski definition) is 0. The van der Waals surface area contributed by atoms with E-state index in [4.69, 9.17) is 14.9 Å². The van der Waals surface area contributed by atoms with Crippen molar-refractivity contribution in [2.75, 3.05) is 0 Å². The lowest BCUT2D eigenvalue weighted by molar-refractivity contribution is -0.303. The first-order valence-electron chi connectivity index (χ1n) is 9.16. The van der Waals surface area contributed by atoms with Gasteiger partial charge in [-0.2, -0.15) is 10.3 Å². The molecule has 0 saturated carbocycles. The first kappa shape index (κ1) is 20.4. The van der Waals surface area contributed by atoms with E-state index in [0.717, 1.165) is 30.7 Å². The highest BCUT2D eigenvalue weighted by molar-refractivity contribution is 5.74. The zero-order chi connectivity index (χ0) is 19.5. The van der Waals surface area contributed by atoms with Crippen molar-refractivity contribution in [3.8, 4) is 6.07 Å². The Morgan fingerprint density at radius 3 is 2.42 bits per heavy atom. The number of hydroxylamine groups is 2. The standard InChI is InChI=1S/C19H30N4O3/c1-14-13-15(2)22(21-14)26-17(24)16(9-7-12-20)25-23-18(3,4)10-8-11-19(23,5)6/h13,16H,7-11H2,1-6H3. The van der Waals surface area contributed by atoms with E-state index in [1.165, 1.54) is 4.85 Å². The van der Waals surface area contributed by atoms with E-state index >= 15 is 0 Å². The summed E-state index contributed by atoms with van der Waals surface area (Å²) in [5.41, 5.74) is 1.09. The Morgan fingerprint density at radius 2 is 1.92 bits per heavy atom.